The molecule has 0 saturated heterocycles. The first-order valence-corrected chi connectivity index (χ1v) is 8.08. The topological polar surface area (TPSA) is 90.9 Å². The van der Waals surface area contributed by atoms with Crippen molar-refractivity contribution in [2.45, 2.75) is 25.1 Å². The fraction of sp³-hybridized carbons (Fsp3) is 0.385. The molecule has 20 heavy (non-hydrogen) atoms. The fourth-order valence-corrected chi connectivity index (χ4v) is 2.32. The molecule has 0 saturated carbocycles. The van der Waals surface area contributed by atoms with Crippen molar-refractivity contribution in [1.82, 2.24) is 14.8 Å². The number of nitrogens with two attached hydrogens (primary N) is 1. The van der Waals surface area contributed by atoms with E-state index in [9.17, 15) is 8.42 Å². The van der Waals surface area contributed by atoms with Gasteiger partial charge in [0.15, 0.2) is 21.5 Å². The molecule has 0 radical (unpaired) electrons. The Morgan fingerprint density at radius 1 is 1.20 bits per heavy atom. The van der Waals surface area contributed by atoms with Crippen molar-refractivity contribution in [1.29, 1.82) is 0 Å². The number of nitrogens with zero attached hydrogens (tertiary/aromatic N) is 3. The van der Waals surface area contributed by atoms with Gasteiger partial charge in [0.2, 0.25) is 0 Å². The van der Waals surface area contributed by atoms with Gasteiger partial charge in [-0.05, 0) is 26.0 Å². The van der Waals surface area contributed by atoms with Gasteiger partial charge in [0.1, 0.15) is 4.75 Å². The Bertz CT molecular complexity index is 705. The van der Waals surface area contributed by atoms with Crippen molar-refractivity contribution in [2.24, 2.45) is 5.73 Å². The van der Waals surface area contributed by atoms with E-state index in [1.807, 2.05) is 30.3 Å². The number of rotatable bonds is 4. The lowest BCUT2D eigenvalue weighted by Crippen LogP contribution is -2.32. The molecule has 0 spiro atoms. The average molecular weight is 294 g/mol. The van der Waals surface area contributed by atoms with E-state index in [1.54, 1.807) is 18.4 Å². The Labute approximate surface area is 118 Å². The van der Waals surface area contributed by atoms with Crippen LogP contribution < -0.4 is 5.73 Å². The largest absolute Gasteiger partial charge is 0.324 e. The molecule has 6 nitrogen and oxygen atoms in total. The highest BCUT2D eigenvalue weighted by atomic mass is 32.2. The molecule has 2 aromatic rings. The monoisotopic (exact) mass is 294 g/mol. The SMILES string of the molecule is CC(C)(c1nnc(CN)n1-c1ccccc1)S(C)(=O)=O. The summed E-state index contributed by atoms with van der Waals surface area (Å²) in [5.41, 5.74) is 6.48. The van der Waals surface area contributed by atoms with Crippen LogP contribution >= 0.6 is 0 Å². The van der Waals surface area contributed by atoms with E-state index in [4.69, 9.17) is 5.73 Å². The molecule has 0 bridgehead atoms. The minimum Gasteiger partial charge on any atom is -0.324 e. The summed E-state index contributed by atoms with van der Waals surface area (Å²) >= 11 is 0. The second kappa shape index (κ2) is 4.99. The van der Waals surface area contributed by atoms with Gasteiger partial charge in [0, 0.05) is 11.9 Å². The van der Waals surface area contributed by atoms with Gasteiger partial charge in [-0.25, -0.2) is 8.42 Å². The summed E-state index contributed by atoms with van der Waals surface area (Å²) in [4.78, 5) is 0. The lowest BCUT2D eigenvalue weighted by molar-refractivity contribution is 0.545. The molecule has 0 unspecified atom stereocenters. The van der Waals surface area contributed by atoms with Crippen molar-refractivity contribution in [2.75, 3.05) is 6.26 Å². The smallest absolute Gasteiger partial charge is 0.159 e. The predicted octanol–water partition coefficient (Wildman–Crippen LogP) is 1.01. The highest BCUT2D eigenvalue weighted by Gasteiger charge is 2.38. The Hall–Kier alpha value is -1.73. The van der Waals surface area contributed by atoms with Crippen LogP contribution in [0.2, 0.25) is 0 Å². The third-order valence-electron chi connectivity index (χ3n) is 3.39. The molecule has 2 rings (SSSR count). The zero-order valence-corrected chi connectivity index (χ0v) is 12.6. The molecule has 2 N–H and O–H groups in total. The summed E-state index contributed by atoms with van der Waals surface area (Å²) < 4.78 is 24.6. The summed E-state index contributed by atoms with van der Waals surface area (Å²) in [6, 6.07) is 9.35. The van der Waals surface area contributed by atoms with Crippen LogP contribution in [-0.4, -0.2) is 29.4 Å². The number of benzene rings is 1. The summed E-state index contributed by atoms with van der Waals surface area (Å²) in [5, 5.41) is 8.07. The molecule has 0 amide bonds. The van der Waals surface area contributed by atoms with E-state index in [1.165, 1.54) is 6.26 Å². The summed E-state index contributed by atoms with van der Waals surface area (Å²) in [7, 11) is -3.34. The molecule has 0 atom stereocenters. The van der Waals surface area contributed by atoms with Crippen molar-refractivity contribution in [3.05, 3.63) is 42.0 Å². The normalized spacial score (nSPS) is 12.6. The van der Waals surface area contributed by atoms with Crippen LogP contribution in [-0.2, 0) is 21.1 Å². The maximum atomic E-state index is 12.0. The molecular formula is C13H18N4O2S. The second-order valence-electron chi connectivity index (χ2n) is 5.10. The highest BCUT2D eigenvalue weighted by molar-refractivity contribution is 7.91. The minimum absolute atomic E-state index is 0.182. The van der Waals surface area contributed by atoms with Gasteiger partial charge in [-0.3, -0.25) is 4.57 Å². The molecule has 0 aliphatic carbocycles. The minimum atomic E-state index is -3.34. The van der Waals surface area contributed by atoms with Crippen LogP contribution in [0, 0.1) is 0 Å². The Morgan fingerprint density at radius 3 is 2.30 bits per heavy atom. The van der Waals surface area contributed by atoms with Gasteiger partial charge < -0.3 is 5.73 Å². The number of para-hydroxylation sites is 1. The van der Waals surface area contributed by atoms with Crippen LogP contribution in [0.4, 0.5) is 0 Å². The van der Waals surface area contributed by atoms with Crippen LogP contribution in [0.5, 0.6) is 0 Å². The second-order valence-corrected chi connectivity index (χ2v) is 7.66. The van der Waals surface area contributed by atoms with E-state index in [0.717, 1.165) is 5.69 Å². The molecule has 0 fully saturated rings. The van der Waals surface area contributed by atoms with Crippen molar-refractivity contribution in [3.8, 4) is 5.69 Å². The quantitative estimate of drug-likeness (QED) is 0.908. The Morgan fingerprint density at radius 2 is 1.80 bits per heavy atom. The lowest BCUT2D eigenvalue weighted by Gasteiger charge is -2.23. The van der Waals surface area contributed by atoms with Gasteiger partial charge in [-0.15, -0.1) is 10.2 Å². The van der Waals surface area contributed by atoms with Crippen LogP contribution in [0.15, 0.2) is 30.3 Å². The molecule has 0 aliphatic heterocycles. The van der Waals surface area contributed by atoms with Crippen LogP contribution in [0.3, 0.4) is 0 Å². The first-order valence-electron chi connectivity index (χ1n) is 6.19. The van der Waals surface area contributed by atoms with Crippen LogP contribution in [0.25, 0.3) is 5.69 Å². The Kier molecular flexibility index (Phi) is 3.66. The predicted molar refractivity (Wildman–Crippen MR) is 77.1 cm³/mol. The van der Waals surface area contributed by atoms with Gasteiger partial charge in [0.05, 0.1) is 6.54 Å². The third kappa shape index (κ3) is 2.34. The first-order chi connectivity index (χ1) is 9.29. The van der Waals surface area contributed by atoms with Crippen molar-refractivity contribution in [3.63, 3.8) is 0 Å². The highest BCUT2D eigenvalue weighted by Crippen LogP contribution is 2.29. The molecule has 0 aliphatic rings. The maximum Gasteiger partial charge on any atom is 0.159 e. The third-order valence-corrected chi connectivity index (χ3v) is 5.43. The maximum absolute atomic E-state index is 12.0. The summed E-state index contributed by atoms with van der Waals surface area (Å²) in [6.07, 6.45) is 1.19. The number of sulfone groups is 1. The zero-order chi connectivity index (χ0) is 15.0. The standard InChI is InChI=1S/C13H18N4O2S/c1-13(2,20(3,18)19)12-16-15-11(9-14)17(12)10-7-5-4-6-8-10/h4-8H,9,14H2,1-3H3. The summed E-state index contributed by atoms with van der Waals surface area (Å²) in [5.74, 6) is 0.898. The molecule has 1 aromatic carbocycles. The summed E-state index contributed by atoms with van der Waals surface area (Å²) in [6.45, 7) is 3.42. The van der Waals surface area contributed by atoms with E-state index < -0.39 is 14.6 Å². The van der Waals surface area contributed by atoms with Crippen LogP contribution in [0.1, 0.15) is 25.5 Å². The van der Waals surface area contributed by atoms with Gasteiger partial charge in [-0.1, -0.05) is 18.2 Å². The van der Waals surface area contributed by atoms with Gasteiger partial charge in [-0.2, -0.15) is 0 Å². The van der Waals surface area contributed by atoms with E-state index in [2.05, 4.69) is 10.2 Å². The Balaban J connectivity index is 2.72. The van der Waals surface area contributed by atoms with E-state index >= 15 is 0 Å². The molecule has 7 heteroatoms. The molecule has 1 aromatic heterocycles. The molecule has 1 heterocycles. The van der Waals surface area contributed by atoms with E-state index in [-0.39, 0.29) is 6.54 Å². The zero-order valence-electron chi connectivity index (χ0n) is 11.7. The van der Waals surface area contributed by atoms with Crippen molar-refractivity contribution >= 4 is 9.84 Å². The number of aromatic nitrogens is 3. The lowest BCUT2D eigenvalue weighted by atomic mass is 10.2. The van der Waals surface area contributed by atoms with E-state index in [0.29, 0.717) is 11.6 Å². The molecule has 108 valence electrons. The number of hydrogen-bond acceptors (Lipinski definition) is 5. The molecular weight excluding hydrogens is 276 g/mol. The van der Waals surface area contributed by atoms with Gasteiger partial charge >= 0.3 is 0 Å². The number of hydrogen-bond donors (Lipinski definition) is 1. The average Bonchev–Trinajstić information content (AvgIpc) is 2.82. The fourth-order valence-electron chi connectivity index (χ4n) is 1.85. The van der Waals surface area contributed by atoms with Gasteiger partial charge in [0.25, 0.3) is 0 Å². The van der Waals surface area contributed by atoms with Crippen molar-refractivity contribution < 1.29 is 8.42 Å². The first kappa shape index (κ1) is 14.7.